The first-order valence-electron chi connectivity index (χ1n) is 3.78. The summed E-state index contributed by atoms with van der Waals surface area (Å²) in [5, 5.41) is 18.1. The van der Waals surface area contributed by atoms with Gasteiger partial charge in [-0.05, 0) is 23.4 Å². The van der Waals surface area contributed by atoms with Gasteiger partial charge in [0.25, 0.3) is 0 Å². The Labute approximate surface area is 77.3 Å². The van der Waals surface area contributed by atoms with Crippen LogP contribution in [-0.4, -0.2) is 22.6 Å². The molecular formula is C9H12O2S. The van der Waals surface area contributed by atoms with E-state index in [1.807, 2.05) is 6.07 Å². The molecule has 0 saturated carbocycles. The monoisotopic (exact) mass is 184 g/mol. The summed E-state index contributed by atoms with van der Waals surface area (Å²) >= 11 is 4.10. The van der Waals surface area contributed by atoms with E-state index in [1.54, 1.807) is 18.2 Å². The minimum atomic E-state index is 0.0143. The Balaban J connectivity index is 2.85. The Morgan fingerprint density at radius 1 is 1.42 bits per heavy atom. The molecule has 0 aliphatic rings. The lowest BCUT2D eigenvalue weighted by molar-refractivity contribution is 0.275. The van der Waals surface area contributed by atoms with Crippen LogP contribution in [0.25, 0.3) is 0 Å². The van der Waals surface area contributed by atoms with Gasteiger partial charge in [0.2, 0.25) is 0 Å². The van der Waals surface area contributed by atoms with Crippen LogP contribution in [0.3, 0.4) is 0 Å². The number of aliphatic hydroxyl groups is 1. The van der Waals surface area contributed by atoms with Crippen LogP contribution < -0.4 is 0 Å². The fourth-order valence-corrected chi connectivity index (χ4v) is 1.37. The maximum atomic E-state index is 9.15. The highest BCUT2D eigenvalue weighted by atomic mass is 32.1. The van der Waals surface area contributed by atoms with E-state index in [2.05, 4.69) is 12.6 Å². The molecule has 2 N–H and O–H groups in total. The van der Waals surface area contributed by atoms with Gasteiger partial charge < -0.3 is 10.2 Å². The first-order chi connectivity index (χ1) is 5.77. The van der Waals surface area contributed by atoms with Gasteiger partial charge in [-0.1, -0.05) is 12.1 Å². The molecule has 1 aromatic rings. The molecule has 0 aromatic heterocycles. The maximum absolute atomic E-state index is 9.15. The predicted octanol–water partition coefficient (Wildman–Crippen LogP) is 1.40. The van der Waals surface area contributed by atoms with Crippen LogP contribution in [-0.2, 0) is 0 Å². The van der Waals surface area contributed by atoms with E-state index in [4.69, 9.17) is 10.2 Å². The standard InChI is InChI=1S/C9H12O2S/c10-5-8(6-12)7-2-1-3-9(11)4-7/h1-4,8,10-12H,5-6H2. The van der Waals surface area contributed by atoms with Crippen molar-refractivity contribution >= 4 is 12.6 Å². The number of phenolic OH excluding ortho intramolecular Hbond substituents is 1. The third-order valence-corrected chi connectivity index (χ3v) is 2.22. The summed E-state index contributed by atoms with van der Waals surface area (Å²) in [6.07, 6.45) is 0. The molecule has 0 spiro atoms. The van der Waals surface area contributed by atoms with Gasteiger partial charge in [0, 0.05) is 5.92 Å². The van der Waals surface area contributed by atoms with Crippen molar-refractivity contribution in [1.29, 1.82) is 0 Å². The minimum absolute atomic E-state index is 0.0143. The summed E-state index contributed by atoms with van der Waals surface area (Å²) in [7, 11) is 0. The number of hydrogen-bond acceptors (Lipinski definition) is 3. The molecule has 0 saturated heterocycles. The van der Waals surface area contributed by atoms with Crippen molar-refractivity contribution in [3.05, 3.63) is 29.8 Å². The molecule has 1 rings (SSSR count). The molecular weight excluding hydrogens is 172 g/mol. The van der Waals surface area contributed by atoms with Crippen LogP contribution in [0.1, 0.15) is 11.5 Å². The summed E-state index contributed by atoms with van der Waals surface area (Å²) in [6.45, 7) is 0.0625. The largest absolute Gasteiger partial charge is 0.508 e. The number of aliphatic hydroxyl groups excluding tert-OH is 1. The summed E-state index contributed by atoms with van der Waals surface area (Å²) in [4.78, 5) is 0. The molecule has 1 atom stereocenters. The molecule has 0 fully saturated rings. The summed E-state index contributed by atoms with van der Waals surface area (Å²) in [5.74, 6) is 0.827. The summed E-state index contributed by atoms with van der Waals surface area (Å²) < 4.78 is 0. The molecule has 0 bridgehead atoms. The summed E-state index contributed by atoms with van der Waals surface area (Å²) in [6, 6.07) is 6.89. The van der Waals surface area contributed by atoms with E-state index in [-0.39, 0.29) is 18.3 Å². The Morgan fingerprint density at radius 2 is 2.17 bits per heavy atom. The van der Waals surface area contributed by atoms with Crippen LogP contribution in [0.2, 0.25) is 0 Å². The van der Waals surface area contributed by atoms with Gasteiger partial charge in [0.15, 0.2) is 0 Å². The van der Waals surface area contributed by atoms with Crippen molar-refractivity contribution in [2.45, 2.75) is 5.92 Å². The van der Waals surface area contributed by atoms with Crippen molar-refractivity contribution < 1.29 is 10.2 Å². The Bertz CT molecular complexity index is 246. The first kappa shape index (κ1) is 9.42. The SMILES string of the molecule is OCC(CS)c1cccc(O)c1. The third-order valence-electron chi connectivity index (χ3n) is 1.78. The number of thiol groups is 1. The fourth-order valence-electron chi connectivity index (χ4n) is 1.05. The molecule has 0 heterocycles. The van der Waals surface area contributed by atoms with Gasteiger partial charge in [-0.25, -0.2) is 0 Å². The van der Waals surface area contributed by atoms with Gasteiger partial charge in [0.1, 0.15) is 5.75 Å². The van der Waals surface area contributed by atoms with Gasteiger partial charge in [-0.15, -0.1) is 0 Å². The van der Waals surface area contributed by atoms with Gasteiger partial charge >= 0.3 is 0 Å². The Kier molecular flexibility index (Phi) is 3.44. The fraction of sp³-hybridized carbons (Fsp3) is 0.333. The van der Waals surface area contributed by atoms with Gasteiger partial charge in [0.05, 0.1) is 6.61 Å². The molecule has 1 aromatic carbocycles. The van der Waals surface area contributed by atoms with Crippen LogP contribution in [0.5, 0.6) is 5.75 Å². The van der Waals surface area contributed by atoms with Crippen molar-refractivity contribution in [2.24, 2.45) is 0 Å². The predicted molar refractivity (Wildman–Crippen MR) is 51.8 cm³/mol. The lowest BCUT2D eigenvalue weighted by Gasteiger charge is -2.10. The molecule has 0 radical (unpaired) electrons. The van der Waals surface area contributed by atoms with E-state index in [0.717, 1.165) is 5.56 Å². The molecule has 0 aliphatic heterocycles. The first-order valence-corrected chi connectivity index (χ1v) is 4.42. The Hall–Kier alpha value is -0.670. The topological polar surface area (TPSA) is 40.5 Å². The molecule has 0 aliphatic carbocycles. The second-order valence-corrected chi connectivity index (χ2v) is 3.02. The van der Waals surface area contributed by atoms with Crippen molar-refractivity contribution in [3.63, 3.8) is 0 Å². The second kappa shape index (κ2) is 4.38. The molecule has 1 unspecified atom stereocenters. The van der Waals surface area contributed by atoms with E-state index in [0.29, 0.717) is 5.75 Å². The molecule has 3 heteroatoms. The van der Waals surface area contributed by atoms with Crippen LogP contribution >= 0.6 is 12.6 Å². The number of phenols is 1. The number of aromatic hydroxyl groups is 1. The zero-order valence-electron chi connectivity index (χ0n) is 6.64. The van der Waals surface area contributed by atoms with Crippen molar-refractivity contribution in [3.8, 4) is 5.75 Å². The quantitative estimate of drug-likeness (QED) is 0.621. The van der Waals surface area contributed by atoms with Gasteiger partial charge in [-0.2, -0.15) is 12.6 Å². The highest BCUT2D eigenvalue weighted by molar-refractivity contribution is 7.80. The molecule has 2 nitrogen and oxygen atoms in total. The molecule has 0 amide bonds. The smallest absolute Gasteiger partial charge is 0.115 e. The van der Waals surface area contributed by atoms with Crippen LogP contribution in [0.4, 0.5) is 0 Å². The second-order valence-electron chi connectivity index (χ2n) is 2.66. The highest BCUT2D eigenvalue weighted by Gasteiger charge is 2.07. The molecule has 12 heavy (non-hydrogen) atoms. The number of benzene rings is 1. The third kappa shape index (κ3) is 2.16. The van der Waals surface area contributed by atoms with E-state index >= 15 is 0 Å². The average molecular weight is 184 g/mol. The van der Waals surface area contributed by atoms with Crippen LogP contribution in [0, 0.1) is 0 Å². The minimum Gasteiger partial charge on any atom is -0.508 e. The lowest BCUT2D eigenvalue weighted by atomic mass is 10.0. The Morgan fingerprint density at radius 3 is 2.67 bits per heavy atom. The number of hydrogen-bond donors (Lipinski definition) is 3. The zero-order chi connectivity index (χ0) is 8.97. The maximum Gasteiger partial charge on any atom is 0.115 e. The van der Waals surface area contributed by atoms with Crippen molar-refractivity contribution in [1.82, 2.24) is 0 Å². The van der Waals surface area contributed by atoms with E-state index in [9.17, 15) is 0 Å². The van der Waals surface area contributed by atoms with Crippen molar-refractivity contribution in [2.75, 3.05) is 12.4 Å². The normalized spacial score (nSPS) is 12.8. The van der Waals surface area contributed by atoms with Gasteiger partial charge in [-0.3, -0.25) is 0 Å². The van der Waals surface area contributed by atoms with Crippen LogP contribution in [0.15, 0.2) is 24.3 Å². The zero-order valence-corrected chi connectivity index (χ0v) is 7.54. The molecule has 66 valence electrons. The average Bonchev–Trinajstić information content (AvgIpc) is 2.07. The number of rotatable bonds is 3. The van der Waals surface area contributed by atoms with E-state index in [1.165, 1.54) is 0 Å². The summed E-state index contributed by atoms with van der Waals surface area (Å²) in [5.41, 5.74) is 0.924. The van der Waals surface area contributed by atoms with E-state index < -0.39 is 0 Å². The highest BCUT2D eigenvalue weighted by Crippen LogP contribution is 2.20. The lowest BCUT2D eigenvalue weighted by Crippen LogP contribution is -2.05.